The summed E-state index contributed by atoms with van der Waals surface area (Å²) in [5, 5.41) is 2.84. The molecule has 3 nitrogen and oxygen atoms in total. The van der Waals surface area contributed by atoms with Crippen molar-refractivity contribution < 1.29 is 9.18 Å². The molecule has 0 aliphatic heterocycles. The summed E-state index contributed by atoms with van der Waals surface area (Å²) in [6.07, 6.45) is 0. The minimum Gasteiger partial charge on any atom is -0.396 e. The molecule has 2 rings (SSSR count). The van der Waals surface area contributed by atoms with E-state index in [-0.39, 0.29) is 23.2 Å². The van der Waals surface area contributed by atoms with Crippen molar-refractivity contribution in [3.8, 4) is 0 Å². The van der Waals surface area contributed by atoms with Crippen LogP contribution in [0.2, 0.25) is 0 Å². The average molecular weight is 272 g/mol. The van der Waals surface area contributed by atoms with E-state index in [1.165, 1.54) is 18.2 Å². The van der Waals surface area contributed by atoms with E-state index in [0.29, 0.717) is 0 Å². The van der Waals surface area contributed by atoms with Crippen molar-refractivity contribution in [3.05, 3.63) is 65.0 Å². The number of rotatable bonds is 3. The van der Waals surface area contributed by atoms with Gasteiger partial charge in [-0.05, 0) is 37.1 Å². The second-order valence-electron chi connectivity index (χ2n) is 4.75. The maximum Gasteiger partial charge on any atom is 0.253 e. The Balaban J connectivity index is 2.20. The second-order valence-corrected chi connectivity index (χ2v) is 4.75. The van der Waals surface area contributed by atoms with E-state index >= 15 is 0 Å². The zero-order valence-corrected chi connectivity index (χ0v) is 11.5. The van der Waals surface area contributed by atoms with Crippen LogP contribution in [-0.2, 0) is 0 Å². The van der Waals surface area contributed by atoms with Crippen LogP contribution in [0.3, 0.4) is 0 Å². The highest BCUT2D eigenvalue weighted by atomic mass is 19.1. The summed E-state index contributed by atoms with van der Waals surface area (Å²) in [5.41, 5.74) is 7.74. The Labute approximate surface area is 117 Å². The third-order valence-corrected chi connectivity index (χ3v) is 3.30. The molecule has 2 aromatic rings. The number of carbonyl (C=O) groups is 1. The van der Waals surface area contributed by atoms with Crippen LogP contribution in [0, 0.1) is 12.7 Å². The maximum absolute atomic E-state index is 13.4. The Morgan fingerprint density at radius 2 is 1.90 bits per heavy atom. The van der Waals surface area contributed by atoms with Gasteiger partial charge in [0.2, 0.25) is 0 Å². The van der Waals surface area contributed by atoms with Gasteiger partial charge < -0.3 is 11.1 Å². The van der Waals surface area contributed by atoms with E-state index in [2.05, 4.69) is 5.32 Å². The number of amides is 1. The second kappa shape index (κ2) is 5.74. The number of para-hydroxylation sites is 1. The number of aryl methyl sites for hydroxylation is 1. The predicted octanol–water partition coefficient (Wildman–Crippen LogP) is 3.21. The van der Waals surface area contributed by atoms with Crippen LogP contribution >= 0.6 is 0 Å². The summed E-state index contributed by atoms with van der Waals surface area (Å²) in [6.45, 7) is 3.87. The van der Waals surface area contributed by atoms with Gasteiger partial charge in [0.05, 0.1) is 17.3 Å². The molecule has 0 aliphatic rings. The number of benzene rings is 2. The van der Waals surface area contributed by atoms with Gasteiger partial charge in [0.25, 0.3) is 5.91 Å². The predicted molar refractivity (Wildman–Crippen MR) is 77.9 cm³/mol. The average Bonchev–Trinajstić information content (AvgIpc) is 2.42. The first-order valence-electron chi connectivity index (χ1n) is 6.41. The van der Waals surface area contributed by atoms with Gasteiger partial charge in [0, 0.05) is 0 Å². The Morgan fingerprint density at radius 3 is 2.60 bits per heavy atom. The van der Waals surface area contributed by atoms with Crippen molar-refractivity contribution in [2.24, 2.45) is 0 Å². The van der Waals surface area contributed by atoms with Crippen LogP contribution in [0.15, 0.2) is 42.5 Å². The standard InChI is InChI=1S/C16H17FN2O/c1-10-6-3-4-7-12(10)11(2)19-16(20)13-8-5-9-14(17)15(13)18/h3-9,11H,18H2,1-2H3,(H,19,20)/t11-/m1/s1. The van der Waals surface area contributed by atoms with Gasteiger partial charge >= 0.3 is 0 Å². The Hall–Kier alpha value is -2.36. The molecule has 0 saturated heterocycles. The summed E-state index contributed by atoms with van der Waals surface area (Å²) < 4.78 is 13.4. The van der Waals surface area contributed by atoms with Crippen molar-refractivity contribution in [2.75, 3.05) is 5.73 Å². The van der Waals surface area contributed by atoms with Crippen molar-refractivity contribution in [1.29, 1.82) is 0 Å². The zero-order chi connectivity index (χ0) is 14.7. The van der Waals surface area contributed by atoms with Crippen molar-refractivity contribution >= 4 is 11.6 Å². The molecule has 20 heavy (non-hydrogen) atoms. The van der Waals surface area contributed by atoms with Crippen LogP contribution in [0.4, 0.5) is 10.1 Å². The van der Waals surface area contributed by atoms with E-state index < -0.39 is 5.82 Å². The molecule has 104 valence electrons. The fourth-order valence-corrected chi connectivity index (χ4v) is 2.16. The van der Waals surface area contributed by atoms with Crippen molar-refractivity contribution in [1.82, 2.24) is 5.32 Å². The lowest BCUT2D eigenvalue weighted by Crippen LogP contribution is -2.28. The lowest BCUT2D eigenvalue weighted by Gasteiger charge is -2.17. The zero-order valence-electron chi connectivity index (χ0n) is 11.5. The monoisotopic (exact) mass is 272 g/mol. The Bertz CT molecular complexity index is 640. The summed E-state index contributed by atoms with van der Waals surface area (Å²) in [6, 6.07) is 11.8. The minimum atomic E-state index is -0.582. The summed E-state index contributed by atoms with van der Waals surface area (Å²) in [7, 11) is 0. The fraction of sp³-hybridized carbons (Fsp3) is 0.188. The minimum absolute atomic E-state index is 0.123. The smallest absolute Gasteiger partial charge is 0.253 e. The SMILES string of the molecule is Cc1ccccc1[C@@H](C)NC(=O)c1cccc(F)c1N. The highest BCUT2D eigenvalue weighted by molar-refractivity contribution is 5.99. The topological polar surface area (TPSA) is 55.1 Å². The van der Waals surface area contributed by atoms with E-state index in [1.807, 2.05) is 38.1 Å². The number of carbonyl (C=O) groups excluding carboxylic acids is 1. The molecule has 0 aliphatic carbocycles. The number of nitrogens with one attached hydrogen (secondary N) is 1. The summed E-state index contributed by atoms with van der Waals surface area (Å²) >= 11 is 0. The molecule has 0 heterocycles. The number of halogens is 1. The highest BCUT2D eigenvalue weighted by Crippen LogP contribution is 2.20. The lowest BCUT2D eigenvalue weighted by atomic mass is 10.0. The van der Waals surface area contributed by atoms with Gasteiger partial charge in [-0.1, -0.05) is 30.3 Å². The third kappa shape index (κ3) is 2.79. The number of hydrogen-bond acceptors (Lipinski definition) is 2. The fourth-order valence-electron chi connectivity index (χ4n) is 2.16. The first-order chi connectivity index (χ1) is 9.50. The number of nitrogen functional groups attached to an aromatic ring is 1. The first kappa shape index (κ1) is 14.1. The van der Waals surface area contributed by atoms with Gasteiger partial charge in [-0.25, -0.2) is 4.39 Å². The van der Waals surface area contributed by atoms with Crippen molar-refractivity contribution in [3.63, 3.8) is 0 Å². The van der Waals surface area contributed by atoms with E-state index in [1.54, 1.807) is 0 Å². The molecular formula is C16H17FN2O. The van der Waals surface area contributed by atoms with Crippen LogP contribution in [0.25, 0.3) is 0 Å². The van der Waals surface area contributed by atoms with Crippen LogP contribution in [0.5, 0.6) is 0 Å². The van der Waals surface area contributed by atoms with Gasteiger partial charge in [-0.15, -0.1) is 0 Å². The van der Waals surface area contributed by atoms with E-state index in [4.69, 9.17) is 5.73 Å². The number of nitrogens with two attached hydrogens (primary N) is 1. The Morgan fingerprint density at radius 1 is 1.20 bits per heavy atom. The number of hydrogen-bond donors (Lipinski definition) is 2. The largest absolute Gasteiger partial charge is 0.396 e. The lowest BCUT2D eigenvalue weighted by molar-refractivity contribution is 0.0940. The van der Waals surface area contributed by atoms with Gasteiger partial charge in [0.1, 0.15) is 5.82 Å². The molecule has 0 spiro atoms. The molecule has 0 unspecified atom stereocenters. The normalized spacial score (nSPS) is 11.9. The summed E-state index contributed by atoms with van der Waals surface area (Å²) in [5.74, 6) is -0.959. The molecule has 0 aromatic heterocycles. The molecule has 0 radical (unpaired) electrons. The molecule has 0 saturated carbocycles. The van der Waals surface area contributed by atoms with Gasteiger partial charge in [-0.3, -0.25) is 4.79 Å². The highest BCUT2D eigenvalue weighted by Gasteiger charge is 2.16. The number of anilines is 1. The maximum atomic E-state index is 13.4. The summed E-state index contributed by atoms with van der Waals surface area (Å²) in [4.78, 5) is 12.2. The van der Waals surface area contributed by atoms with E-state index in [0.717, 1.165) is 11.1 Å². The first-order valence-corrected chi connectivity index (χ1v) is 6.41. The molecule has 1 atom stereocenters. The quantitative estimate of drug-likeness (QED) is 0.843. The molecule has 0 bridgehead atoms. The Kier molecular flexibility index (Phi) is 4.03. The van der Waals surface area contributed by atoms with Gasteiger partial charge in [0.15, 0.2) is 0 Å². The van der Waals surface area contributed by atoms with Crippen LogP contribution in [-0.4, -0.2) is 5.91 Å². The van der Waals surface area contributed by atoms with E-state index in [9.17, 15) is 9.18 Å². The molecule has 1 amide bonds. The molecular weight excluding hydrogens is 255 g/mol. The molecule has 3 N–H and O–H groups in total. The van der Waals surface area contributed by atoms with Gasteiger partial charge in [-0.2, -0.15) is 0 Å². The molecule has 4 heteroatoms. The molecule has 2 aromatic carbocycles. The molecule has 0 fully saturated rings. The van der Waals surface area contributed by atoms with Crippen LogP contribution < -0.4 is 11.1 Å². The van der Waals surface area contributed by atoms with Crippen molar-refractivity contribution in [2.45, 2.75) is 19.9 Å². The van der Waals surface area contributed by atoms with Crippen LogP contribution in [0.1, 0.15) is 34.5 Å². The third-order valence-electron chi connectivity index (χ3n) is 3.30.